The second kappa shape index (κ2) is 6.62. The number of hydrogen-bond donors (Lipinski definition) is 1. The second-order valence-electron chi connectivity index (χ2n) is 6.54. The van der Waals surface area contributed by atoms with Gasteiger partial charge in [0.15, 0.2) is 0 Å². The number of para-hydroxylation sites is 1. The highest BCUT2D eigenvalue weighted by atomic mass is 15.2. The van der Waals surface area contributed by atoms with Crippen LogP contribution >= 0.6 is 0 Å². The minimum Gasteiger partial charge on any atom is -0.368 e. The summed E-state index contributed by atoms with van der Waals surface area (Å²) in [5, 5.41) is 3.28. The molecule has 0 spiro atoms. The van der Waals surface area contributed by atoms with E-state index >= 15 is 0 Å². The normalized spacial score (nSPS) is 22.4. The first-order valence-electron chi connectivity index (χ1n) is 8.37. The van der Waals surface area contributed by atoms with Gasteiger partial charge < -0.3 is 10.2 Å². The first-order chi connectivity index (χ1) is 9.88. The molecule has 20 heavy (non-hydrogen) atoms. The Morgan fingerprint density at radius 3 is 2.80 bits per heavy atom. The van der Waals surface area contributed by atoms with Crippen molar-refractivity contribution >= 4 is 5.69 Å². The van der Waals surface area contributed by atoms with Crippen molar-refractivity contribution in [3.8, 4) is 0 Å². The van der Waals surface area contributed by atoms with Gasteiger partial charge in [0, 0.05) is 18.3 Å². The summed E-state index contributed by atoms with van der Waals surface area (Å²) < 4.78 is 0. The summed E-state index contributed by atoms with van der Waals surface area (Å²) in [6.45, 7) is 2.44. The maximum Gasteiger partial charge on any atom is 0.0402 e. The minimum atomic E-state index is 0.737. The van der Waals surface area contributed by atoms with E-state index in [1.165, 1.54) is 57.2 Å². The Bertz CT molecular complexity index is 423. The molecular formula is C18H28N2. The molecule has 1 N–H and O–H groups in total. The molecule has 1 unspecified atom stereocenters. The van der Waals surface area contributed by atoms with Crippen LogP contribution < -0.4 is 10.2 Å². The van der Waals surface area contributed by atoms with Gasteiger partial charge >= 0.3 is 0 Å². The summed E-state index contributed by atoms with van der Waals surface area (Å²) in [5.41, 5.74) is 3.09. The molecule has 1 heterocycles. The van der Waals surface area contributed by atoms with Gasteiger partial charge in [-0.15, -0.1) is 0 Å². The van der Waals surface area contributed by atoms with Gasteiger partial charge in [0.25, 0.3) is 0 Å². The Morgan fingerprint density at radius 1 is 1.20 bits per heavy atom. The number of fused-ring (bicyclic) bond motifs is 1. The topological polar surface area (TPSA) is 15.3 Å². The highest BCUT2D eigenvalue weighted by molar-refractivity contribution is 5.59. The zero-order valence-electron chi connectivity index (χ0n) is 12.8. The molecule has 2 heteroatoms. The molecule has 110 valence electrons. The lowest BCUT2D eigenvalue weighted by Gasteiger charge is -2.30. The van der Waals surface area contributed by atoms with E-state index in [1.54, 1.807) is 5.56 Å². The molecule has 1 saturated carbocycles. The molecule has 0 radical (unpaired) electrons. The third-order valence-electron chi connectivity index (χ3n) is 5.09. The lowest BCUT2D eigenvalue weighted by atomic mass is 10.0. The lowest BCUT2D eigenvalue weighted by Crippen LogP contribution is -2.36. The van der Waals surface area contributed by atoms with E-state index in [9.17, 15) is 0 Å². The Labute approximate surface area is 123 Å². The van der Waals surface area contributed by atoms with E-state index in [0.29, 0.717) is 0 Å². The van der Waals surface area contributed by atoms with Gasteiger partial charge in [-0.2, -0.15) is 0 Å². The molecule has 3 rings (SSSR count). The smallest absolute Gasteiger partial charge is 0.0402 e. The molecule has 2 nitrogen and oxygen atoms in total. The van der Waals surface area contributed by atoms with Crippen molar-refractivity contribution in [2.75, 3.05) is 25.0 Å². The fourth-order valence-electron chi connectivity index (χ4n) is 4.02. The van der Waals surface area contributed by atoms with Crippen LogP contribution in [0.1, 0.15) is 44.1 Å². The first kappa shape index (κ1) is 13.9. The van der Waals surface area contributed by atoms with Crippen LogP contribution in [0.5, 0.6) is 0 Å². The van der Waals surface area contributed by atoms with Crippen LogP contribution in [-0.2, 0) is 6.42 Å². The standard InChI is InChI=1S/C18H28N2/c1-19-12-6-10-17-13-16-9-4-5-11-18(16)20(17)14-15-7-2-3-8-15/h4-5,9,11,15,17,19H,2-3,6-8,10,12-14H2,1H3. The summed E-state index contributed by atoms with van der Waals surface area (Å²) in [6.07, 6.45) is 9.66. The number of nitrogens with zero attached hydrogens (tertiary/aromatic N) is 1. The number of nitrogens with one attached hydrogen (secondary N) is 1. The maximum atomic E-state index is 3.28. The molecule has 1 aromatic rings. The van der Waals surface area contributed by atoms with Crippen molar-refractivity contribution in [2.24, 2.45) is 5.92 Å². The van der Waals surface area contributed by atoms with Crippen molar-refractivity contribution in [2.45, 2.75) is 51.0 Å². The second-order valence-corrected chi connectivity index (χ2v) is 6.54. The van der Waals surface area contributed by atoms with Gasteiger partial charge in [0.1, 0.15) is 0 Å². The van der Waals surface area contributed by atoms with Gasteiger partial charge in [-0.05, 0) is 63.2 Å². The third-order valence-corrected chi connectivity index (χ3v) is 5.09. The van der Waals surface area contributed by atoms with Crippen LogP contribution in [0.25, 0.3) is 0 Å². The average molecular weight is 272 g/mol. The summed E-state index contributed by atoms with van der Waals surface area (Å²) in [6, 6.07) is 9.80. The van der Waals surface area contributed by atoms with Gasteiger partial charge in [-0.3, -0.25) is 0 Å². The number of anilines is 1. The SMILES string of the molecule is CNCCCC1Cc2ccccc2N1CC1CCCC1. The monoisotopic (exact) mass is 272 g/mol. The van der Waals surface area contributed by atoms with Crippen LogP contribution in [0.15, 0.2) is 24.3 Å². The van der Waals surface area contributed by atoms with Crippen LogP contribution in [0.4, 0.5) is 5.69 Å². The maximum absolute atomic E-state index is 3.28. The van der Waals surface area contributed by atoms with Crippen molar-refractivity contribution in [1.82, 2.24) is 5.32 Å². The van der Waals surface area contributed by atoms with E-state index in [-0.39, 0.29) is 0 Å². The molecule has 1 aliphatic heterocycles. The molecule has 1 atom stereocenters. The number of rotatable bonds is 6. The van der Waals surface area contributed by atoms with Crippen LogP contribution in [0, 0.1) is 5.92 Å². The van der Waals surface area contributed by atoms with Crippen LogP contribution in [0.2, 0.25) is 0 Å². The predicted octanol–water partition coefficient (Wildman–Crippen LogP) is 3.61. The van der Waals surface area contributed by atoms with E-state index in [0.717, 1.165) is 18.5 Å². The molecule has 0 aromatic heterocycles. The molecule has 0 bridgehead atoms. The largest absolute Gasteiger partial charge is 0.368 e. The summed E-state index contributed by atoms with van der Waals surface area (Å²) in [4.78, 5) is 2.74. The molecule has 2 aliphatic rings. The van der Waals surface area contributed by atoms with E-state index in [2.05, 4.69) is 41.5 Å². The fraction of sp³-hybridized carbons (Fsp3) is 0.667. The van der Waals surface area contributed by atoms with E-state index < -0.39 is 0 Å². The summed E-state index contributed by atoms with van der Waals surface area (Å²) in [5.74, 6) is 0.938. The molecule has 1 fully saturated rings. The zero-order chi connectivity index (χ0) is 13.8. The Kier molecular flexibility index (Phi) is 4.62. The van der Waals surface area contributed by atoms with E-state index in [1.807, 2.05) is 0 Å². The average Bonchev–Trinajstić information content (AvgIpc) is 3.09. The van der Waals surface area contributed by atoms with Gasteiger partial charge in [-0.25, -0.2) is 0 Å². The Hall–Kier alpha value is -1.02. The van der Waals surface area contributed by atoms with Crippen molar-refractivity contribution in [3.05, 3.63) is 29.8 Å². The molecular weight excluding hydrogens is 244 g/mol. The fourth-order valence-corrected chi connectivity index (χ4v) is 4.02. The van der Waals surface area contributed by atoms with Gasteiger partial charge in [0.2, 0.25) is 0 Å². The quantitative estimate of drug-likeness (QED) is 0.796. The van der Waals surface area contributed by atoms with Crippen molar-refractivity contribution < 1.29 is 0 Å². The third kappa shape index (κ3) is 3.01. The first-order valence-corrected chi connectivity index (χ1v) is 8.37. The molecule has 1 aliphatic carbocycles. The number of hydrogen-bond acceptors (Lipinski definition) is 2. The molecule has 1 aromatic carbocycles. The molecule has 0 saturated heterocycles. The van der Waals surface area contributed by atoms with Crippen molar-refractivity contribution in [1.29, 1.82) is 0 Å². The Balaban J connectivity index is 1.69. The Morgan fingerprint density at radius 2 is 2.00 bits per heavy atom. The molecule has 0 amide bonds. The summed E-state index contributed by atoms with van der Waals surface area (Å²) >= 11 is 0. The minimum absolute atomic E-state index is 0.737. The van der Waals surface area contributed by atoms with Crippen LogP contribution in [-0.4, -0.2) is 26.2 Å². The van der Waals surface area contributed by atoms with E-state index in [4.69, 9.17) is 0 Å². The highest BCUT2D eigenvalue weighted by Gasteiger charge is 2.30. The highest BCUT2D eigenvalue weighted by Crippen LogP contribution is 2.36. The van der Waals surface area contributed by atoms with Gasteiger partial charge in [-0.1, -0.05) is 31.0 Å². The van der Waals surface area contributed by atoms with Crippen LogP contribution in [0.3, 0.4) is 0 Å². The lowest BCUT2D eigenvalue weighted by molar-refractivity contribution is 0.475. The number of benzene rings is 1. The van der Waals surface area contributed by atoms with Gasteiger partial charge in [0.05, 0.1) is 0 Å². The predicted molar refractivity (Wildman–Crippen MR) is 86.4 cm³/mol. The zero-order valence-corrected chi connectivity index (χ0v) is 12.8. The summed E-state index contributed by atoms with van der Waals surface area (Å²) in [7, 11) is 2.06. The van der Waals surface area contributed by atoms with Crippen molar-refractivity contribution in [3.63, 3.8) is 0 Å².